The summed E-state index contributed by atoms with van der Waals surface area (Å²) in [4.78, 5) is 24.3. The molecule has 0 radical (unpaired) electrons. The van der Waals surface area contributed by atoms with E-state index in [0.717, 1.165) is 13.0 Å². The van der Waals surface area contributed by atoms with Gasteiger partial charge in [0.2, 0.25) is 0 Å². The SMILES string of the molecule is Nc1nc(N)c(C(=O)NC2=NCC3(CCCC3)C2)nc1Cl. The lowest BCUT2D eigenvalue weighted by atomic mass is 9.84. The summed E-state index contributed by atoms with van der Waals surface area (Å²) in [5.74, 6) is 0.212. The molecule has 1 amide bonds. The van der Waals surface area contributed by atoms with Gasteiger partial charge < -0.3 is 16.8 Å². The number of carbonyl (C=O) groups is 1. The van der Waals surface area contributed by atoms with Gasteiger partial charge in [-0.25, -0.2) is 9.97 Å². The minimum Gasteiger partial charge on any atom is -0.382 e. The summed E-state index contributed by atoms with van der Waals surface area (Å²) in [6.07, 6.45) is 5.62. The van der Waals surface area contributed by atoms with Gasteiger partial charge in [-0.1, -0.05) is 24.4 Å². The van der Waals surface area contributed by atoms with E-state index in [9.17, 15) is 4.79 Å². The van der Waals surface area contributed by atoms with Crippen molar-refractivity contribution in [2.75, 3.05) is 18.0 Å². The van der Waals surface area contributed by atoms with Crippen LogP contribution in [0.2, 0.25) is 5.15 Å². The molecule has 1 aliphatic heterocycles. The normalized spacial score (nSPS) is 19.8. The Morgan fingerprint density at radius 1 is 1.19 bits per heavy atom. The Kier molecular flexibility index (Phi) is 3.44. The number of carbonyl (C=O) groups excluding carboxylic acids is 1. The molecule has 0 bridgehead atoms. The molecular formula is C13H17ClN6O. The number of aromatic nitrogens is 2. The molecule has 0 saturated heterocycles. The van der Waals surface area contributed by atoms with E-state index in [1.54, 1.807) is 0 Å². The van der Waals surface area contributed by atoms with Crippen LogP contribution in [0.1, 0.15) is 42.6 Å². The predicted octanol–water partition coefficient (Wildman–Crippen LogP) is 1.39. The zero-order valence-corrected chi connectivity index (χ0v) is 12.3. The van der Waals surface area contributed by atoms with Gasteiger partial charge in [0, 0.05) is 13.0 Å². The van der Waals surface area contributed by atoms with Crippen molar-refractivity contribution in [1.82, 2.24) is 15.3 Å². The van der Waals surface area contributed by atoms with Crippen molar-refractivity contribution < 1.29 is 4.79 Å². The number of nitrogens with one attached hydrogen (secondary N) is 1. The minimum absolute atomic E-state index is 0.00818. The van der Waals surface area contributed by atoms with Gasteiger partial charge in [-0.15, -0.1) is 0 Å². The van der Waals surface area contributed by atoms with E-state index in [4.69, 9.17) is 23.1 Å². The van der Waals surface area contributed by atoms with Crippen molar-refractivity contribution in [3.63, 3.8) is 0 Å². The van der Waals surface area contributed by atoms with Gasteiger partial charge in [0.1, 0.15) is 5.84 Å². The number of halogens is 1. The summed E-state index contributed by atoms with van der Waals surface area (Å²) in [5.41, 5.74) is 11.4. The molecule has 5 N–H and O–H groups in total. The van der Waals surface area contributed by atoms with Crippen molar-refractivity contribution >= 4 is 35.0 Å². The van der Waals surface area contributed by atoms with E-state index in [-0.39, 0.29) is 27.9 Å². The molecule has 7 nitrogen and oxygen atoms in total. The highest BCUT2D eigenvalue weighted by Gasteiger charge is 2.39. The van der Waals surface area contributed by atoms with Crippen molar-refractivity contribution in [3.05, 3.63) is 10.8 Å². The lowest BCUT2D eigenvalue weighted by Crippen LogP contribution is -2.32. The average molecular weight is 309 g/mol. The predicted molar refractivity (Wildman–Crippen MR) is 81.2 cm³/mol. The molecule has 0 atom stereocenters. The first kappa shape index (κ1) is 14.1. The Morgan fingerprint density at radius 3 is 2.62 bits per heavy atom. The molecule has 0 unspecified atom stereocenters. The molecule has 8 heteroatoms. The number of rotatable bonds is 1. The summed E-state index contributed by atoms with van der Waals surface area (Å²) < 4.78 is 0. The number of nitrogens with two attached hydrogens (primary N) is 2. The summed E-state index contributed by atoms with van der Waals surface area (Å²) in [5, 5.41) is 2.73. The smallest absolute Gasteiger partial charge is 0.279 e. The van der Waals surface area contributed by atoms with E-state index in [1.807, 2.05) is 0 Å². The molecule has 1 aromatic heterocycles. The third kappa shape index (κ3) is 2.65. The van der Waals surface area contributed by atoms with Gasteiger partial charge in [0.15, 0.2) is 22.5 Å². The molecule has 2 aliphatic rings. The summed E-state index contributed by atoms with van der Waals surface area (Å²) in [7, 11) is 0. The molecule has 2 heterocycles. The van der Waals surface area contributed by atoms with Gasteiger partial charge in [-0.2, -0.15) is 0 Å². The lowest BCUT2D eigenvalue weighted by Gasteiger charge is -2.20. The first-order chi connectivity index (χ1) is 9.99. The number of hydrogen-bond acceptors (Lipinski definition) is 6. The second kappa shape index (κ2) is 5.14. The minimum atomic E-state index is -0.448. The number of aliphatic imine (C=N–C) groups is 1. The highest BCUT2D eigenvalue weighted by molar-refractivity contribution is 6.31. The fourth-order valence-corrected chi connectivity index (χ4v) is 3.20. The first-order valence-corrected chi connectivity index (χ1v) is 7.30. The van der Waals surface area contributed by atoms with Gasteiger partial charge in [-0.3, -0.25) is 9.79 Å². The van der Waals surface area contributed by atoms with E-state index >= 15 is 0 Å². The maximum Gasteiger partial charge on any atom is 0.279 e. The monoisotopic (exact) mass is 308 g/mol. The van der Waals surface area contributed by atoms with Crippen molar-refractivity contribution in [1.29, 1.82) is 0 Å². The molecular weight excluding hydrogens is 292 g/mol. The Morgan fingerprint density at radius 2 is 1.90 bits per heavy atom. The van der Waals surface area contributed by atoms with Gasteiger partial charge in [0.05, 0.1) is 0 Å². The van der Waals surface area contributed by atoms with Crippen LogP contribution in [0.5, 0.6) is 0 Å². The van der Waals surface area contributed by atoms with E-state index < -0.39 is 5.91 Å². The van der Waals surface area contributed by atoms with Crippen LogP contribution >= 0.6 is 11.6 Å². The second-order valence-corrected chi connectivity index (χ2v) is 6.09. The number of nitrogen functional groups attached to an aromatic ring is 2. The van der Waals surface area contributed by atoms with Crippen LogP contribution < -0.4 is 16.8 Å². The Hall–Kier alpha value is -1.89. The number of hydrogen-bond donors (Lipinski definition) is 3. The number of anilines is 2. The quantitative estimate of drug-likeness (QED) is 0.724. The van der Waals surface area contributed by atoms with Gasteiger partial charge >= 0.3 is 0 Å². The van der Waals surface area contributed by atoms with Gasteiger partial charge in [-0.05, 0) is 18.3 Å². The second-order valence-electron chi connectivity index (χ2n) is 5.73. The summed E-state index contributed by atoms with van der Waals surface area (Å²) in [6, 6.07) is 0. The van der Waals surface area contributed by atoms with Crippen molar-refractivity contribution in [3.8, 4) is 0 Å². The van der Waals surface area contributed by atoms with Crippen LogP contribution in [-0.2, 0) is 0 Å². The maximum absolute atomic E-state index is 12.2. The number of amidine groups is 1. The van der Waals surface area contributed by atoms with Crippen LogP contribution in [0.4, 0.5) is 11.6 Å². The Balaban J connectivity index is 1.71. The van der Waals surface area contributed by atoms with Crippen LogP contribution in [0.15, 0.2) is 4.99 Å². The highest BCUT2D eigenvalue weighted by atomic mass is 35.5. The molecule has 1 fully saturated rings. The molecule has 0 aromatic carbocycles. The van der Waals surface area contributed by atoms with E-state index in [0.29, 0.717) is 5.84 Å². The summed E-state index contributed by atoms with van der Waals surface area (Å²) in [6.45, 7) is 0.784. The Labute approximate surface area is 127 Å². The first-order valence-electron chi connectivity index (χ1n) is 6.92. The largest absolute Gasteiger partial charge is 0.382 e. The maximum atomic E-state index is 12.2. The van der Waals surface area contributed by atoms with Crippen LogP contribution in [0.3, 0.4) is 0 Å². The zero-order valence-electron chi connectivity index (χ0n) is 11.5. The third-order valence-corrected chi connectivity index (χ3v) is 4.47. The van der Waals surface area contributed by atoms with Crippen LogP contribution in [0.25, 0.3) is 0 Å². The fraction of sp³-hybridized carbons (Fsp3) is 0.538. The van der Waals surface area contributed by atoms with Crippen LogP contribution in [-0.4, -0.2) is 28.3 Å². The standard InChI is InChI=1S/C13H17ClN6O/c14-9-11(16)20-10(15)8(19-9)12(21)18-7-5-13(6-17-7)3-1-2-4-13/h1-6H2,(H4,15,16,20)(H,17,18,21). The van der Waals surface area contributed by atoms with Crippen molar-refractivity contribution in [2.24, 2.45) is 10.4 Å². The topological polar surface area (TPSA) is 119 Å². The number of nitrogens with zero attached hydrogens (tertiary/aromatic N) is 3. The summed E-state index contributed by atoms with van der Waals surface area (Å²) >= 11 is 5.78. The molecule has 1 saturated carbocycles. The molecule has 1 spiro atoms. The lowest BCUT2D eigenvalue weighted by molar-refractivity contribution is 0.0972. The molecule has 3 rings (SSSR count). The molecule has 1 aliphatic carbocycles. The van der Waals surface area contributed by atoms with Crippen molar-refractivity contribution in [2.45, 2.75) is 32.1 Å². The zero-order chi connectivity index (χ0) is 15.0. The molecule has 1 aromatic rings. The highest BCUT2D eigenvalue weighted by Crippen LogP contribution is 2.44. The average Bonchev–Trinajstić information content (AvgIpc) is 3.05. The van der Waals surface area contributed by atoms with Gasteiger partial charge in [0.25, 0.3) is 5.91 Å². The molecule has 112 valence electrons. The Bertz CT molecular complexity index is 623. The van der Waals surface area contributed by atoms with E-state index in [1.165, 1.54) is 25.7 Å². The number of amides is 1. The molecule has 21 heavy (non-hydrogen) atoms. The van der Waals surface area contributed by atoms with Crippen LogP contribution in [0, 0.1) is 5.41 Å². The third-order valence-electron chi connectivity index (χ3n) is 4.19. The fourth-order valence-electron chi connectivity index (χ4n) is 3.07. The van der Waals surface area contributed by atoms with E-state index in [2.05, 4.69) is 20.3 Å².